The third kappa shape index (κ3) is 4.27. The number of carbonyl (C=O) groups excluding carboxylic acids is 2. The molecule has 1 aromatic rings. The molecule has 1 atom stereocenters. The van der Waals surface area contributed by atoms with E-state index in [2.05, 4.69) is 15.5 Å². The van der Waals surface area contributed by atoms with E-state index in [9.17, 15) is 9.59 Å². The van der Waals surface area contributed by atoms with Gasteiger partial charge in [-0.25, -0.2) is 4.79 Å². The first-order valence-electron chi connectivity index (χ1n) is 9.51. The summed E-state index contributed by atoms with van der Waals surface area (Å²) in [6.07, 6.45) is 2.88. The second-order valence-corrected chi connectivity index (χ2v) is 7.53. The van der Waals surface area contributed by atoms with Gasteiger partial charge in [0.1, 0.15) is 5.60 Å². The van der Waals surface area contributed by atoms with Gasteiger partial charge in [-0.15, -0.1) is 0 Å². The van der Waals surface area contributed by atoms with Gasteiger partial charge in [0.05, 0.1) is 12.2 Å². The number of aromatic nitrogens is 2. The SMILES string of the molecule is CC(=O)O.CN1CC2(CCCN(C(=O)c3n[nH]c4c3CCNC4)CC2)OC1=O. The molecule has 0 aromatic carbocycles. The van der Waals surface area contributed by atoms with Crippen molar-refractivity contribution in [1.29, 1.82) is 0 Å². The van der Waals surface area contributed by atoms with Crippen molar-refractivity contribution in [1.82, 2.24) is 25.3 Å². The second kappa shape index (κ2) is 8.17. The topological polar surface area (TPSA) is 128 Å². The summed E-state index contributed by atoms with van der Waals surface area (Å²) in [7, 11) is 1.76. The van der Waals surface area contributed by atoms with E-state index in [-0.39, 0.29) is 12.0 Å². The molecule has 0 radical (unpaired) electrons. The lowest BCUT2D eigenvalue weighted by Crippen LogP contribution is -2.37. The molecule has 1 aromatic heterocycles. The molecule has 10 heteroatoms. The number of hydrogen-bond acceptors (Lipinski definition) is 6. The number of amides is 2. The number of nitrogens with zero attached hydrogens (tertiary/aromatic N) is 3. The number of fused-ring (bicyclic) bond motifs is 1. The van der Waals surface area contributed by atoms with Gasteiger partial charge in [-0.2, -0.15) is 5.10 Å². The van der Waals surface area contributed by atoms with Gasteiger partial charge in [-0.3, -0.25) is 14.7 Å². The first-order chi connectivity index (χ1) is 13.3. The molecule has 154 valence electrons. The summed E-state index contributed by atoms with van der Waals surface area (Å²) in [5.74, 6) is -0.843. The van der Waals surface area contributed by atoms with E-state index in [4.69, 9.17) is 14.6 Å². The van der Waals surface area contributed by atoms with Crippen LogP contribution in [0.3, 0.4) is 0 Å². The molecule has 4 rings (SSSR count). The maximum Gasteiger partial charge on any atom is 0.410 e. The molecule has 2 amide bonds. The molecule has 1 unspecified atom stereocenters. The molecule has 0 saturated carbocycles. The summed E-state index contributed by atoms with van der Waals surface area (Å²) in [4.78, 5) is 37.1. The molecule has 0 bridgehead atoms. The minimum absolute atomic E-state index is 0.0101. The van der Waals surface area contributed by atoms with Crippen LogP contribution in [0.15, 0.2) is 0 Å². The Morgan fingerprint density at radius 2 is 2.04 bits per heavy atom. The van der Waals surface area contributed by atoms with E-state index < -0.39 is 11.6 Å². The average molecular weight is 393 g/mol. The van der Waals surface area contributed by atoms with Crippen molar-refractivity contribution in [2.24, 2.45) is 0 Å². The zero-order valence-electron chi connectivity index (χ0n) is 16.3. The Morgan fingerprint density at radius 1 is 1.29 bits per heavy atom. The van der Waals surface area contributed by atoms with Crippen LogP contribution >= 0.6 is 0 Å². The van der Waals surface area contributed by atoms with Crippen LogP contribution in [-0.2, 0) is 22.5 Å². The molecule has 10 nitrogen and oxygen atoms in total. The van der Waals surface area contributed by atoms with E-state index in [1.807, 2.05) is 4.90 Å². The van der Waals surface area contributed by atoms with E-state index in [1.54, 1.807) is 11.9 Å². The Bertz CT molecular complexity index is 760. The van der Waals surface area contributed by atoms with Crippen molar-refractivity contribution in [3.05, 3.63) is 17.0 Å². The average Bonchev–Trinajstić information content (AvgIpc) is 3.11. The van der Waals surface area contributed by atoms with Crippen LogP contribution in [0.2, 0.25) is 0 Å². The largest absolute Gasteiger partial charge is 0.481 e. The number of ether oxygens (including phenoxy) is 1. The molecule has 4 heterocycles. The highest BCUT2D eigenvalue weighted by Crippen LogP contribution is 2.33. The number of hydrogen-bond donors (Lipinski definition) is 3. The van der Waals surface area contributed by atoms with Crippen molar-refractivity contribution < 1.29 is 24.2 Å². The lowest BCUT2D eigenvalue weighted by Gasteiger charge is -2.25. The van der Waals surface area contributed by atoms with Gasteiger partial charge in [-0.05, 0) is 25.8 Å². The fraction of sp³-hybridized carbons (Fsp3) is 0.667. The molecule has 28 heavy (non-hydrogen) atoms. The summed E-state index contributed by atoms with van der Waals surface area (Å²) >= 11 is 0. The molecule has 2 saturated heterocycles. The first-order valence-corrected chi connectivity index (χ1v) is 9.51. The normalized spacial score (nSPS) is 24.1. The van der Waals surface area contributed by atoms with E-state index >= 15 is 0 Å². The number of carboxylic acids is 1. The Labute approximate surface area is 163 Å². The van der Waals surface area contributed by atoms with Gasteiger partial charge in [0, 0.05) is 45.6 Å². The smallest absolute Gasteiger partial charge is 0.410 e. The molecule has 0 aliphatic carbocycles. The van der Waals surface area contributed by atoms with Gasteiger partial charge in [0.25, 0.3) is 11.9 Å². The molecule has 3 N–H and O–H groups in total. The summed E-state index contributed by atoms with van der Waals surface area (Å²) < 4.78 is 5.61. The maximum atomic E-state index is 12.9. The lowest BCUT2D eigenvalue weighted by atomic mass is 9.95. The number of carboxylic acid groups (broad SMARTS) is 1. The molecule has 2 fully saturated rings. The van der Waals surface area contributed by atoms with Crippen molar-refractivity contribution in [3.63, 3.8) is 0 Å². The quantitative estimate of drug-likeness (QED) is 0.637. The van der Waals surface area contributed by atoms with Crippen LogP contribution in [0.25, 0.3) is 0 Å². The summed E-state index contributed by atoms with van der Waals surface area (Å²) in [5.41, 5.74) is 2.19. The summed E-state index contributed by atoms with van der Waals surface area (Å²) in [5, 5.41) is 17.9. The Balaban J connectivity index is 0.000000516. The molecule has 3 aliphatic rings. The zero-order chi connectivity index (χ0) is 20.3. The number of rotatable bonds is 1. The van der Waals surface area contributed by atoms with Crippen LogP contribution < -0.4 is 5.32 Å². The van der Waals surface area contributed by atoms with Crippen molar-refractivity contribution in [2.45, 2.75) is 44.8 Å². The van der Waals surface area contributed by atoms with Gasteiger partial charge in [0.2, 0.25) is 0 Å². The number of carbonyl (C=O) groups is 3. The number of likely N-dealkylation sites (N-methyl/N-ethyl adjacent to an activating group) is 1. The number of likely N-dealkylation sites (tertiary alicyclic amines) is 1. The Morgan fingerprint density at radius 3 is 2.71 bits per heavy atom. The third-order valence-electron chi connectivity index (χ3n) is 5.33. The minimum Gasteiger partial charge on any atom is -0.481 e. The van der Waals surface area contributed by atoms with Crippen molar-refractivity contribution in [3.8, 4) is 0 Å². The van der Waals surface area contributed by atoms with E-state index in [0.717, 1.165) is 50.5 Å². The van der Waals surface area contributed by atoms with Crippen LogP contribution in [0.1, 0.15) is 47.9 Å². The van der Waals surface area contributed by atoms with Crippen molar-refractivity contribution >= 4 is 18.0 Å². The predicted octanol–water partition coefficient (Wildman–Crippen LogP) is 0.593. The highest BCUT2D eigenvalue weighted by Gasteiger charge is 2.45. The minimum atomic E-state index is -0.833. The maximum absolute atomic E-state index is 12.9. The fourth-order valence-electron chi connectivity index (χ4n) is 3.99. The van der Waals surface area contributed by atoms with E-state index in [1.165, 1.54) is 0 Å². The predicted molar refractivity (Wildman–Crippen MR) is 98.9 cm³/mol. The van der Waals surface area contributed by atoms with Gasteiger partial charge in [0.15, 0.2) is 5.69 Å². The molecule has 3 aliphatic heterocycles. The lowest BCUT2D eigenvalue weighted by molar-refractivity contribution is -0.134. The van der Waals surface area contributed by atoms with Crippen LogP contribution in [0.5, 0.6) is 0 Å². The van der Waals surface area contributed by atoms with Crippen LogP contribution in [0.4, 0.5) is 4.79 Å². The van der Waals surface area contributed by atoms with Gasteiger partial charge >= 0.3 is 6.09 Å². The van der Waals surface area contributed by atoms with Gasteiger partial charge in [-0.1, -0.05) is 0 Å². The molecular weight excluding hydrogens is 366 g/mol. The zero-order valence-corrected chi connectivity index (χ0v) is 16.3. The van der Waals surface area contributed by atoms with Crippen LogP contribution in [-0.4, -0.2) is 81.9 Å². The molecule has 1 spiro atoms. The Hall–Kier alpha value is -2.62. The number of aliphatic carboxylic acids is 1. The summed E-state index contributed by atoms with van der Waals surface area (Å²) in [6, 6.07) is 0. The number of H-pyrrole nitrogens is 1. The highest BCUT2D eigenvalue weighted by molar-refractivity contribution is 5.94. The third-order valence-corrected chi connectivity index (χ3v) is 5.33. The highest BCUT2D eigenvalue weighted by atomic mass is 16.6. The number of aromatic amines is 1. The molecular formula is C18H27N5O5. The fourth-order valence-corrected chi connectivity index (χ4v) is 3.99. The number of nitrogens with one attached hydrogen (secondary N) is 2. The van der Waals surface area contributed by atoms with E-state index in [0.29, 0.717) is 31.7 Å². The standard InChI is InChI=1S/C16H23N5O3.C2H4O2/c1-20-10-16(24-15(20)23)4-2-7-21(8-5-16)14(22)13-11-3-6-17-9-12(11)18-19-13;1-2(3)4/h17H,2-10H2,1H3,(H,18,19);1H3,(H,3,4). The van der Waals surface area contributed by atoms with Crippen LogP contribution in [0, 0.1) is 0 Å². The first kappa shape index (κ1) is 20.1. The van der Waals surface area contributed by atoms with Gasteiger partial charge < -0.3 is 25.0 Å². The second-order valence-electron chi connectivity index (χ2n) is 7.53. The van der Waals surface area contributed by atoms with Crippen molar-refractivity contribution in [2.75, 3.05) is 33.2 Å². The summed E-state index contributed by atoms with van der Waals surface area (Å²) in [6.45, 7) is 4.58. The Kier molecular flexibility index (Phi) is 5.87. The monoisotopic (exact) mass is 393 g/mol.